The van der Waals surface area contributed by atoms with E-state index in [-0.39, 0.29) is 24.3 Å². The van der Waals surface area contributed by atoms with Gasteiger partial charge in [0.15, 0.2) is 0 Å². The molecular weight excluding hydrogens is 406 g/mol. The van der Waals surface area contributed by atoms with Crippen molar-refractivity contribution in [2.45, 2.75) is 6.10 Å². The molecule has 7 heteroatoms. The molecule has 1 aliphatic heterocycles. The lowest BCUT2D eigenvalue weighted by Gasteiger charge is -2.36. The summed E-state index contributed by atoms with van der Waals surface area (Å²) in [5, 5.41) is 10.8. The summed E-state index contributed by atoms with van der Waals surface area (Å²) in [6.07, 6.45) is -0.303. The Morgan fingerprint density at radius 3 is 1.88 bits per heavy atom. The van der Waals surface area contributed by atoms with Crippen molar-refractivity contribution in [1.29, 1.82) is 0 Å². The molecule has 1 aliphatic rings. The van der Waals surface area contributed by atoms with Crippen LogP contribution in [0.15, 0.2) is 84.9 Å². The van der Waals surface area contributed by atoms with E-state index >= 15 is 0 Å². The van der Waals surface area contributed by atoms with Gasteiger partial charge in [-0.15, -0.1) is 0 Å². The lowest BCUT2D eigenvalue weighted by Crippen LogP contribution is -2.49. The second kappa shape index (κ2) is 10.1. The molecule has 0 atom stereocenters. The quantitative estimate of drug-likeness (QED) is 0.417. The lowest BCUT2D eigenvalue weighted by atomic mass is 10.0. The SMILES string of the molecule is O=C(COC(c1ccccc1)c1ccccc1)N1CCN(c2ccc([N+](=O)[O-])cc2)CC1. The van der Waals surface area contributed by atoms with Gasteiger partial charge < -0.3 is 14.5 Å². The Morgan fingerprint density at radius 1 is 0.844 bits per heavy atom. The number of carbonyl (C=O) groups is 1. The number of ether oxygens (including phenoxy) is 1. The van der Waals surface area contributed by atoms with Crippen molar-refractivity contribution in [3.8, 4) is 0 Å². The first kappa shape index (κ1) is 21.5. The van der Waals surface area contributed by atoms with Crippen molar-refractivity contribution in [2.24, 2.45) is 0 Å². The molecule has 1 fully saturated rings. The van der Waals surface area contributed by atoms with Gasteiger partial charge in [-0.25, -0.2) is 0 Å². The number of anilines is 1. The summed E-state index contributed by atoms with van der Waals surface area (Å²) in [5.41, 5.74) is 3.02. The summed E-state index contributed by atoms with van der Waals surface area (Å²) in [7, 11) is 0. The maximum Gasteiger partial charge on any atom is 0.269 e. The molecule has 7 nitrogen and oxygen atoms in total. The van der Waals surface area contributed by atoms with E-state index < -0.39 is 4.92 Å². The third kappa shape index (κ3) is 5.12. The highest BCUT2D eigenvalue weighted by Gasteiger charge is 2.23. The Balaban J connectivity index is 1.34. The van der Waals surface area contributed by atoms with Gasteiger partial charge in [0, 0.05) is 44.0 Å². The predicted molar refractivity (Wildman–Crippen MR) is 123 cm³/mol. The van der Waals surface area contributed by atoms with E-state index in [9.17, 15) is 14.9 Å². The molecule has 1 saturated heterocycles. The molecule has 0 spiro atoms. The van der Waals surface area contributed by atoms with Gasteiger partial charge in [-0.2, -0.15) is 0 Å². The number of hydrogen-bond donors (Lipinski definition) is 0. The highest BCUT2D eigenvalue weighted by Crippen LogP contribution is 2.26. The lowest BCUT2D eigenvalue weighted by molar-refractivity contribution is -0.384. The van der Waals surface area contributed by atoms with Gasteiger partial charge in [0.25, 0.3) is 5.69 Å². The minimum absolute atomic E-state index is 0.00594. The van der Waals surface area contributed by atoms with Crippen molar-refractivity contribution in [1.82, 2.24) is 4.90 Å². The van der Waals surface area contributed by atoms with Crippen LogP contribution in [-0.2, 0) is 9.53 Å². The number of hydrogen-bond acceptors (Lipinski definition) is 5. The molecule has 0 bridgehead atoms. The number of benzene rings is 3. The van der Waals surface area contributed by atoms with Gasteiger partial charge >= 0.3 is 0 Å². The molecule has 0 radical (unpaired) electrons. The zero-order valence-electron chi connectivity index (χ0n) is 17.7. The van der Waals surface area contributed by atoms with E-state index in [1.165, 1.54) is 12.1 Å². The fraction of sp³-hybridized carbons (Fsp3) is 0.240. The summed E-state index contributed by atoms with van der Waals surface area (Å²) >= 11 is 0. The van der Waals surface area contributed by atoms with Gasteiger partial charge in [-0.05, 0) is 23.3 Å². The Bertz CT molecular complexity index is 994. The summed E-state index contributed by atoms with van der Waals surface area (Å²) in [4.78, 5) is 27.2. The molecule has 164 valence electrons. The highest BCUT2D eigenvalue weighted by atomic mass is 16.6. The van der Waals surface area contributed by atoms with E-state index in [0.717, 1.165) is 16.8 Å². The molecule has 0 saturated carbocycles. The fourth-order valence-electron chi connectivity index (χ4n) is 3.89. The molecule has 1 amide bonds. The largest absolute Gasteiger partial charge is 0.368 e. The molecule has 32 heavy (non-hydrogen) atoms. The monoisotopic (exact) mass is 431 g/mol. The topological polar surface area (TPSA) is 75.9 Å². The van der Waals surface area contributed by atoms with Crippen molar-refractivity contribution in [2.75, 3.05) is 37.7 Å². The third-order valence-corrected chi connectivity index (χ3v) is 5.64. The van der Waals surface area contributed by atoms with Crippen LogP contribution in [0.25, 0.3) is 0 Å². The molecule has 0 aromatic heterocycles. The van der Waals surface area contributed by atoms with Crippen molar-refractivity contribution in [3.63, 3.8) is 0 Å². The van der Waals surface area contributed by atoms with Crippen LogP contribution < -0.4 is 4.90 Å². The number of non-ortho nitro benzene ring substituents is 1. The van der Waals surface area contributed by atoms with Crippen LogP contribution in [0.4, 0.5) is 11.4 Å². The highest BCUT2D eigenvalue weighted by molar-refractivity contribution is 5.78. The molecule has 4 rings (SSSR count). The zero-order chi connectivity index (χ0) is 22.3. The third-order valence-electron chi connectivity index (χ3n) is 5.64. The average Bonchev–Trinajstić information content (AvgIpc) is 2.85. The van der Waals surface area contributed by atoms with E-state index in [2.05, 4.69) is 4.90 Å². The second-order valence-corrected chi connectivity index (χ2v) is 7.65. The molecule has 3 aromatic carbocycles. The van der Waals surface area contributed by atoms with Crippen LogP contribution in [0.1, 0.15) is 17.2 Å². The normalized spacial score (nSPS) is 13.9. The van der Waals surface area contributed by atoms with E-state index in [4.69, 9.17) is 4.74 Å². The van der Waals surface area contributed by atoms with Crippen LogP contribution in [0.2, 0.25) is 0 Å². The molecule has 0 aliphatic carbocycles. The first-order chi connectivity index (χ1) is 15.6. The van der Waals surface area contributed by atoms with Crippen molar-refractivity contribution < 1.29 is 14.5 Å². The van der Waals surface area contributed by atoms with Crippen LogP contribution in [0.5, 0.6) is 0 Å². The molecule has 3 aromatic rings. The number of carbonyl (C=O) groups excluding carboxylic acids is 1. The fourth-order valence-corrected chi connectivity index (χ4v) is 3.89. The molecule has 0 unspecified atom stereocenters. The maximum atomic E-state index is 12.8. The van der Waals surface area contributed by atoms with Crippen molar-refractivity contribution in [3.05, 3.63) is 106 Å². The minimum Gasteiger partial charge on any atom is -0.368 e. The number of nitrogens with zero attached hydrogens (tertiary/aromatic N) is 3. The standard InChI is InChI=1S/C25H25N3O4/c29-24(19-32-25(20-7-3-1-4-8-20)21-9-5-2-6-10-21)27-17-15-26(16-18-27)22-11-13-23(14-12-22)28(30)31/h1-14,25H,15-19H2. The van der Waals surface area contributed by atoms with Crippen LogP contribution in [0.3, 0.4) is 0 Å². The second-order valence-electron chi connectivity index (χ2n) is 7.65. The van der Waals surface area contributed by atoms with Crippen LogP contribution in [0, 0.1) is 10.1 Å². The smallest absolute Gasteiger partial charge is 0.269 e. The minimum atomic E-state index is -0.404. The Morgan fingerprint density at radius 2 is 1.38 bits per heavy atom. The Kier molecular flexibility index (Phi) is 6.77. The number of amides is 1. The molecule has 1 heterocycles. The predicted octanol–water partition coefficient (Wildman–Crippen LogP) is 4.05. The molecular formula is C25H25N3O4. The first-order valence-corrected chi connectivity index (χ1v) is 10.6. The van der Waals surface area contributed by atoms with E-state index in [1.54, 1.807) is 12.1 Å². The van der Waals surface area contributed by atoms with Crippen LogP contribution in [-0.4, -0.2) is 48.5 Å². The van der Waals surface area contributed by atoms with E-state index in [0.29, 0.717) is 26.2 Å². The number of rotatable bonds is 7. The summed E-state index contributed by atoms with van der Waals surface area (Å²) < 4.78 is 6.11. The first-order valence-electron chi connectivity index (χ1n) is 10.6. The van der Waals surface area contributed by atoms with Crippen molar-refractivity contribution >= 4 is 17.3 Å². The van der Waals surface area contributed by atoms with Gasteiger partial charge in [0.2, 0.25) is 5.91 Å². The van der Waals surface area contributed by atoms with Gasteiger partial charge in [0.05, 0.1) is 4.92 Å². The van der Waals surface area contributed by atoms with Gasteiger partial charge in [-0.1, -0.05) is 60.7 Å². The van der Waals surface area contributed by atoms with Gasteiger partial charge in [-0.3, -0.25) is 14.9 Å². The summed E-state index contributed by atoms with van der Waals surface area (Å²) in [5.74, 6) is -0.0368. The number of piperazine rings is 1. The summed E-state index contributed by atoms with van der Waals surface area (Å²) in [6, 6.07) is 26.3. The van der Waals surface area contributed by atoms with Gasteiger partial charge in [0.1, 0.15) is 12.7 Å². The Labute approximate surface area is 187 Å². The number of nitro groups is 1. The maximum absolute atomic E-state index is 12.8. The number of nitro benzene ring substituents is 1. The molecule has 0 N–H and O–H groups in total. The van der Waals surface area contributed by atoms with Crippen LogP contribution >= 0.6 is 0 Å². The average molecular weight is 431 g/mol. The summed E-state index contributed by atoms with van der Waals surface area (Å²) in [6.45, 7) is 2.52. The Hall–Kier alpha value is -3.71. The van der Waals surface area contributed by atoms with E-state index in [1.807, 2.05) is 65.6 Å². The zero-order valence-corrected chi connectivity index (χ0v) is 17.7.